The fraction of sp³-hybridized carbons (Fsp3) is 0.500. The zero-order chi connectivity index (χ0) is 14.7. The molecule has 0 saturated carbocycles. The highest BCUT2D eigenvalue weighted by Crippen LogP contribution is 2.23. The van der Waals surface area contributed by atoms with Gasteiger partial charge in [0.25, 0.3) is 0 Å². The summed E-state index contributed by atoms with van der Waals surface area (Å²) >= 11 is 0. The molecule has 1 saturated heterocycles. The van der Waals surface area contributed by atoms with E-state index in [-0.39, 0.29) is 5.91 Å². The van der Waals surface area contributed by atoms with E-state index in [0.717, 1.165) is 37.5 Å². The molecule has 5 nitrogen and oxygen atoms in total. The fourth-order valence-electron chi connectivity index (χ4n) is 3.02. The Morgan fingerprint density at radius 3 is 3.14 bits per heavy atom. The number of rotatable bonds is 4. The second-order valence-electron chi connectivity index (χ2n) is 5.60. The third-order valence-corrected chi connectivity index (χ3v) is 4.17. The standard InChI is InChI=1S/C16H21N3O2/c1-13-17-8-10-19(13)14-4-2-9-18(12-14)16(20)7-6-15-5-3-11-21-15/h3,5,8,10-11,14H,2,4,6-7,9,12H2,1H3/t14-/m1/s1. The molecule has 0 radical (unpaired) electrons. The first-order valence-electron chi connectivity index (χ1n) is 7.53. The van der Waals surface area contributed by atoms with Crippen molar-refractivity contribution in [2.24, 2.45) is 0 Å². The van der Waals surface area contributed by atoms with Gasteiger partial charge in [-0.05, 0) is 31.9 Å². The van der Waals surface area contributed by atoms with Crippen LogP contribution in [0.2, 0.25) is 0 Å². The smallest absolute Gasteiger partial charge is 0.223 e. The molecule has 3 rings (SSSR count). The van der Waals surface area contributed by atoms with Crippen LogP contribution in [-0.2, 0) is 11.2 Å². The van der Waals surface area contributed by atoms with Crippen molar-refractivity contribution in [2.75, 3.05) is 13.1 Å². The first-order chi connectivity index (χ1) is 10.2. The number of likely N-dealkylation sites (tertiary alicyclic amines) is 1. The summed E-state index contributed by atoms with van der Waals surface area (Å²) in [5.74, 6) is 2.11. The van der Waals surface area contributed by atoms with Crippen LogP contribution < -0.4 is 0 Å². The van der Waals surface area contributed by atoms with Crippen LogP contribution in [0.4, 0.5) is 0 Å². The lowest BCUT2D eigenvalue weighted by atomic mass is 10.0. The Hall–Kier alpha value is -2.04. The van der Waals surface area contributed by atoms with E-state index in [0.29, 0.717) is 18.9 Å². The van der Waals surface area contributed by atoms with Gasteiger partial charge in [-0.15, -0.1) is 0 Å². The Bertz CT molecular complexity index is 588. The summed E-state index contributed by atoms with van der Waals surface area (Å²) in [4.78, 5) is 18.6. The lowest BCUT2D eigenvalue weighted by Crippen LogP contribution is -2.40. The van der Waals surface area contributed by atoms with E-state index in [4.69, 9.17) is 4.42 Å². The van der Waals surface area contributed by atoms with E-state index in [2.05, 4.69) is 9.55 Å². The minimum atomic E-state index is 0.217. The molecule has 0 unspecified atom stereocenters. The number of amides is 1. The fourth-order valence-corrected chi connectivity index (χ4v) is 3.02. The third-order valence-electron chi connectivity index (χ3n) is 4.17. The average molecular weight is 287 g/mol. The zero-order valence-corrected chi connectivity index (χ0v) is 12.4. The van der Waals surface area contributed by atoms with Crippen molar-refractivity contribution in [1.29, 1.82) is 0 Å². The summed E-state index contributed by atoms with van der Waals surface area (Å²) in [5, 5.41) is 0. The molecular weight excluding hydrogens is 266 g/mol. The summed E-state index contributed by atoms with van der Waals surface area (Å²) < 4.78 is 7.47. The van der Waals surface area contributed by atoms with Crippen molar-refractivity contribution in [3.05, 3.63) is 42.4 Å². The third kappa shape index (κ3) is 3.17. The molecule has 2 aromatic heterocycles. The number of hydrogen-bond acceptors (Lipinski definition) is 3. The normalized spacial score (nSPS) is 18.9. The maximum absolute atomic E-state index is 12.4. The van der Waals surface area contributed by atoms with Gasteiger partial charge in [-0.2, -0.15) is 0 Å². The largest absolute Gasteiger partial charge is 0.469 e. The summed E-state index contributed by atoms with van der Waals surface area (Å²) in [7, 11) is 0. The maximum Gasteiger partial charge on any atom is 0.223 e. The van der Waals surface area contributed by atoms with Crippen molar-refractivity contribution in [1.82, 2.24) is 14.5 Å². The van der Waals surface area contributed by atoms with Crippen LogP contribution in [0.25, 0.3) is 0 Å². The highest BCUT2D eigenvalue weighted by atomic mass is 16.3. The van der Waals surface area contributed by atoms with Crippen LogP contribution in [0.3, 0.4) is 0 Å². The predicted octanol–water partition coefficient (Wildman–Crippen LogP) is 2.58. The first kappa shape index (κ1) is 13.9. The maximum atomic E-state index is 12.4. The summed E-state index contributed by atoms with van der Waals surface area (Å²) in [5.41, 5.74) is 0. The number of aromatic nitrogens is 2. The molecule has 1 aliphatic heterocycles. The Kier molecular flexibility index (Phi) is 4.08. The van der Waals surface area contributed by atoms with Crippen molar-refractivity contribution in [2.45, 2.75) is 38.6 Å². The Labute approximate surface area is 124 Å². The molecule has 0 aliphatic carbocycles. The number of hydrogen-bond donors (Lipinski definition) is 0. The van der Waals surface area contributed by atoms with Gasteiger partial charge < -0.3 is 13.9 Å². The number of carbonyl (C=O) groups excluding carboxylic acids is 1. The monoisotopic (exact) mass is 287 g/mol. The second kappa shape index (κ2) is 6.16. The minimum absolute atomic E-state index is 0.217. The zero-order valence-electron chi connectivity index (χ0n) is 12.4. The molecule has 3 heterocycles. The van der Waals surface area contributed by atoms with Crippen molar-refractivity contribution in [3.63, 3.8) is 0 Å². The van der Waals surface area contributed by atoms with Gasteiger partial charge in [0.05, 0.1) is 12.3 Å². The van der Waals surface area contributed by atoms with E-state index >= 15 is 0 Å². The van der Waals surface area contributed by atoms with Crippen LogP contribution in [-0.4, -0.2) is 33.4 Å². The molecule has 0 spiro atoms. The van der Waals surface area contributed by atoms with Crippen LogP contribution in [0.5, 0.6) is 0 Å². The van der Waals surface area contributed by atoms with Crippen LogP contribution in [0.15, 0.2) is 35.2 Å². The molecule has 1 amide bonds. The van der Waals surface area contributed by atoms with Crippen molar-refractivity contribution < 1.29 is 9.21 Å². The Balaban J connectivity index is 1.58. The number of aryl methyl sites for hydroxylation is 2. The molecule has 112 valence electrons. The minimum Gasteiger partial charge on any atom is -0.469 e. The molecule has 1 fully saturated rings. The second-order valence-corrected chi connectivity index (χ2v) is 5.60. The summed E-state index contributed by atoms with van der Waals surface area (Å²) in [6, 6.07) is 4.13. The van der Waals surface area contributed by atoms with Gasteiger partial charge in [-0.3, -0.25) is 4.79 Å². The number of piperidine rings is 1. The molecule has 1 atom stereocenters. The molecule has 1 aliphatic rings. The van der Waals surface area contributed by atoms with Crippen LogP contribution >= 0.6 is 0 Å². The van der Waals surface area contributed by atoms with Gasteiger partial charge in [0.1, 0.15) is 11.6 Å². The van der Waals surface area contributed by atoms with Gasteiger partial charge in [0, 0.05) is 38.3 Å². The summed E-state index contributed by atoms with van der Waals surface area (Å²) in [6.45, 7) is 3.66. The van der Waals surface area contributed by atoms with E-state index in [9.17, 15) is 4.79 Å². The van der Waals surface area contributed by atoms with Crippen LogP contribution in [0, 0.1) is 6.92 Å². The highest BCUT2D eigenvalue weighted by molar-refractivity contribution is 5.76. The van der Waals surface area contributed by atoms with Gasteiger partial charge >= 0.3 is 0 Å². The predicted molar refractivity (Wildman–Crippen MR) is 78.8 cm³/mol. The van der Waals surface area contributed by atoms with Crippen molar-refractivity contribution in [3.8, 4) is 0 Å². The summed E-state index contributed by atoms with van der Waals surface area (Å²) in [6.07, 6.45) is 8.84. The number of imidazole rings is 1. The van der Waals surface area contributed by atoms with Crippen LogP contribution in [0.1, 0.15) is 36.9 Å². The molecule has 0 bridgehead atoms. The van der Waals surface area contributed by atoms with E-state index in [1.165, 1.54) is 0 Å². The number of furan rings is 1. The molecule has 21 heavy (non-hydrogen) atoms. The van der Waals surface area contributed by atoms with E-state index in [1.54, 1.807) is 6.26 Å². The van der Waals surface area contributed by atoms with E-state index in [1.807, 2.05) is 36.4 Å². The van der Waals surface area contributed by atoms with Gasteiger partial charge in [-0.1, -0.05) is 0 Å². The molecule has 0 aromatic carbocycles. The lowest BCUT2D eigenvalue weighted by Gasteiger charge is -2.34. The van der Waals surface area contributed by atoms with Gasteiger partial charge in [-0.25, -0.2) is 4.98 Å². The van der Waals surface area contributed by atoms with Gasteiger partial charge in [0.2, 0.25) is 5.91 Å². The highest BCUT2D eigenvalue weighted by Gasteiger charge is 2.25. The molecule has 0 N–H and O–H groups in total. The number of nitrogens with zero attached hydrogens (tertiary/aromatic N) is 3. The molecular formula is C16H21N3O2. The van der Waals surface area contributed by atoms with Gasteiger partial charge in [0.15, 0.2) is 0 Å². The SMILES string of the molecule is Cc1nccn1[C@@H]1CCCN(C(=O)CCc2ccco2)C1. The topological polar surface area (TPSA) is 51.3 Å². The average Bonchev–Trinajstić information content (AvgIpc) is 3.16. The Morgan fingerprint density at radius 1 is 1.52 bits per heavy atom. The Morgan fingerprint density at radius 2 is 2.43 bits per heavy atom. The van der Waals surface area contributed by atoms with E-state index < -0.39 is 0 Å². The first-order valence-corrected chi connectivity index (χ1v) is 7.53. The quantitative estimate of drug-likeness (QED) is 0.868. The molecule has 5 heteroatoms. The molecule has 2 aromatic rings. The lowest BCUT2D eigenvalue weighted by molar-refractivity contribution is -0.132. The number of carbonyl (C=O) groups is 1. The van der Waals surface area contributed by atoms with Crippen molar-refractivity contribution >= 4 is 5.91 Å².